The fourth-order valence-corrected chi connectivity index (χ4v) is 1.95. The summed E-state index contributed by atoms with van der Waals surface area (Å²) in [6.45, 7) is 4.16. The molecule has 0 aliphatic heterocycles. The minimum absolute atomic E-state index is 0.178. The number of methoxy groups -OCH3 is 1. The Morgan fingerprint density at radius 3 is 2.89 bits per heavy atom. The topological polar surface area (TPSA) is 51.5 Å². The van der Waals surface area contributed by atoms with Crippen LogP contribution in [-0.4, -0.2) is 25.2 Å². The number of hydrogen-bond acceptors (Lipinski definition) is 4. The second kappa shape index (κ2) is 7.93. The van der Waals surface area contributed by atoms with Crippen LogP contribution in [0, 0.1) is 0 Å². The van der Waals surface area contributed by atoms with Crippen molar-refractivity contribution >= 4 is 5.97 Å². The van der Waals surface area contributed by atoms with Crippen LogP contribution >= 0.6 is 0 Å². The largest absolute Gasteiger partial charge is 0.469 e. The lowest BCUT2D eigenvalue weighted by molar-refractivity contribution is -0.143. The molecule has 1 rings (SSSR count). The normalized spacial score (nSPS) is 14.2. The first-order chi connectivity index (χ1) is 8.67. The maximum Gasteiger partial charge on any atom is 0.322 e. The molecule has 4 heteroatoms. The number of furan rings is 1. The van der Waals surface area contributed by atoms with Crippen LogP contribution < -0.4 is 5.32 Å². The molecule has 1 heterocycles. The van der Waals surface area contributed by atoms with Crippen LogP contribution in [0.15, 0.2) is 22.8 Å². The van der Waals surface area contributed by atoms with Crippen molar-refractivity contribution in [1.82, 2.24) is 5.32 Å². The van der Waals surface area contributed by atoms with E-state index in [1.165, 1.54) is 7.11 Å². The number of carbonyl (C=O) groups excluding carboxylic acids is 1. The first-order valence-corrected chi connectivity index (χ1v) is 6.53. The highest BCUT2D eigenvalue weighted by atomic mass is 16.5. The van der Waals surface area contributed by atoms with Crippen molar-refractivity contribution in [2.24, 2.45) is 0 Å². The van der Waals surface area contributed by atoms with Crippen molar-refractivity contribution in [2.75, 3.05) is 7.11 Å². The molecule has 4 nitrogen and oxygen atoms in total. The Morgan fingerprint density at radius 2 is 2.33 bits per heavy atom. The smallest absolute Gasteiger partial charge is 0.322 e. The number of hydrogen-bond donors (Lipinski definition) is 1. The summed E-state index contributed by atoms with van der Waals surface area (Å²) in [7, 11) is 1.43. The maximum absolute atomic E-state index is 11.6. The highest BCUT2D eigenvalue weighted by molar-refractivity contribution is 5.75. The number of carbonyl (C=O) groups is 1. The molecule has 0 amide bonds. The van der Waals surface area contributed by atoms with Gasteiger partial charge in [-0.2, -0.15) is 0 Å². The van der Waals surface area contributed by atoms with Gasteiger partial charge in [-0.1, -0.05) is 19.8 Å². The molecular formula is C14H23NO3. The van der Waals surface area contributed by atoms with Crippen molar-refractivity contribution in [3.63, 3.8) is 0 Å². The third-order valence-corrected chi connectivity index (χ3v) is 2.91. The van der Waals surface area contributed by atoms with Gasteiger partial charge in [0.05, 0.1) is 13.4 Å². The second-order valence-corrected chi connectivity index (χ2v) is 4.57. The lowest BCUT2D eigenvalue weighted by atomic mass is 10.1. The van der Waals surface area contributed by atoms with E-state index >= 15 is 0 Å². The first-order valence-electron chi connectivity index (χ1n) is 6.53. The summed E-state index contributed by atoms with van der Waals surface area (Å²) in [5.41, 5.74) is 0. The van der Waals surface area contributed by atoms with E-state index < -0.39 is 0 Å². The SMILES string of the molecule is CCCCC(NC(C)Cc1ccco1)C(=O)OC. The van der Waals surface area contributed by atoms with Crippen LogP contribution in [0.1, 0.15) is 38.9 Å². The van der Waals surface area contributed by atoms with Gasteiger partial charge in [-0.25, -0.2) is 0 Å². The molecule has 0 aromatic carbocycles. The number of ether oxygens (including phenoxy) is 1. The van der Waals surface area contributed by atoms with E-state index in [1.807, 2.05) is 19.1 Å². The average Bonchev–Trinajstić information content (AvgIpc) is 2.86. The summed E-state index contributed by atoms with van der Waals surface area (Å²) < 4.78 is 10.1. The van der Waals surface area contributed by atoms with Crippen LogP contribution in [0.2, 0.25) is 0 Å². The zero-order valence-corrected chi connectivity index (χ0v) is 11.4. The van der Waals surface area contributed by atoms with Gasteiger partial charge in [-0.3, -0.25) is 4.79 Å². The predicted octanol–water partition coefficient (Wildman–Crippen LogP) is 2.53. The van der Waals surface area contributed by atoms with Crippen LogP contribution in [-0.2, 0) is 16.0 Å². The van der Waals surface area contributed by atoms with E-state index in [0.29, 0.717) is 0 Å². The molecule has 1 aromatic heterocycles. The monoisotopic (exact) mass is 253 g/mol. The third-order valence-electron chi connectivity index (χ3n) is 2.91. The molecule has 0 fully saturated rings. The van der Waals surface area contributed by atoms with Crippen molar-refractivity contribution in [1.29, 1.82) is 0 Å². The summed E-state index contributed by atoms with van der Waals surface area (Å²) in [6.07, 6.45) is 5.33. The van der Waals surface area contributed by atoms with E-state index in [4.69, 9.17) is 9.15 Å². The van der Waals surface area contributed by atoms with Crippen molar-refractivity contribution < 1.29 is 13.9 Å². The van der Waals surface area contributed by atoms with Gasteiger partial charge in [0.15, 0.2) is 0 Å². The fraction of sp³-hybridized carbons (Fsp3) is 0.643. The molecule has 0 saturated carbocycles. The molecule has 0 radical (unpaired) electrons. The maximum atomic E-state index is 11.6. The van der Waals surface area contributed by atoms with E-state index in [-0.39, 0.29) is 18.1 Å². The second-order valence-electron chi connectivity index (χ2n) is 4.57. The van der Waals surface area contributed by atoms with Gasteiger partial charge in [0.1, 0.15) is 11.8 Å². The summed E-state index contributed by atoms with van der Waals surface area (Å²) in [6, 6.07) is 3.77. The summed E-state index contributed by atoms with van der Waals surface area (Å²) in [4.78, 5) is 11.6. The number of esters is 1. The fourth-order valence-electron chi connectivity index (χ4n) is 1.95. The van der Waals surface area contributed by atoms with Crippen LogP contribution in [0.3, 0.4) is 0 Å². The third kappa shape index (κ3) is 4.92. The Balaban J connectivity index is 2.45. The molecule has 0 saturated heterocycles. The minimum atomic E-state index is -0.222. The van der Waals surface area contributed by atoms with Gasteiger partial charge >= 0.3 is 5.97 Å². The van der Waals surface area contributed by atoms with Crippen molar-refractivity contribution in [2.45, 2.75) is 51.6 Å². The molecule has 2 unspecified atom stereocenters. The highest BCUT2D eigenvalue weighted by Gasteiger charge is 2.20. The molecule has 102 valence electrons. The quantitative estimate of drug-likeness (QED) is 0.723. The Labute approximate surface area is 109 Å². The number of nitrogens with one attached hydrogen (secondary N) is 1. The van der Waals surface area contributed by atoms with E-state index in [1.54, 1.807) is 6.26 Å². The predicted molar refractivity (Wildman–Crippen MR) is 70.3 cm³/mol. The molecule has 18 heavy (non-hydrogen) atoms. The molecule has 2 atom stereocenters. The molecule has 0 aliphatic rings. The van der Waals surface area contributed by atoms with Gasteiger partial charge in [-0.15, -0.1) is 0 Å². The molecule has 0 bridgehead atoms. The Morgan fingerprint density at radius 1 is 1.56 bits per heavy atom. The highest BCUT2D eigenvalue weighted by Crippen LogP contribution is 2.08. The summed E-state index contributed by atoms with van der Waals surface area (Å²) >= 11 is 0. The molecule has 0 aliphatic carbocycles. The lowest BCUT2D eigenvalue weighted by Crippen LogP contribution is -2.43. The number of rotatable bonds is 8. The standard InChI is InChI=1S/C14H23NO3/c1-4-5-8-13(14(16)17-3)15-11(2)10-12-7-6-9-18-12/h6-7,9,11,13,15H,4-5,8,10H2,1-3H3. The average molecular weight is 253 g/mol. The van der Waals surface area contributed by atoms with Gasteiger partial charge in [0, 0.05) is 12.5 Å². The van der Waals surface area contributed by atoms with Crippen LogP contribution in [0.25, 0.3) is 0 Å². The molecule has 1 aromatic rings. The van der Waals surface area contributed by atoms with Crippen molar-refractivity contribution in [3.05, 3.63) is 24.2 Å². The Kier molecular flexibility index (Phi) is 6.50. The molecular weight excluding hydrogens is 230 g/mol. The Bertz CT molecular complexity index is 335. The zero-order valence-electron chi connectivity index (χ0n) is 11.4. The molecule has 0 spiro atoms. The van der Waals surface area contributed by atoms with Gasteiger partial charge < -0.3 is 14.5 Å². The Hall–Kier alpha value is -1.29. The first kappa shape index (κ1) is 14.8. The van der Waals surface area contributed by atoms with Gasteiger partial charge in [-0.05, 0) is 25.5 Å². The number of unbranched alkanes of at least 4 members (excludes halogenated alkanes) is 1. The van der Waals surface area contributed by atoms with Crippen LogP contribution in [0.5, 0.6) is 0 Å². The minimum Gasteiger partial charge on any atom is -0.469 e. The van der Waals surface area contributed by atoms with E-state index in [0.717, 1.165) is 31.4 Å². The van der Waals surface area contributed by atoms with E-state index in [9.17, 15) is 4.79 Å². The van der Waals surface area contributed by atoms with E-state index in [2.05, 4.69) is 12.2 Å². The summed E-state index contributed by atoms with van der Waals surface area (Å²) in [5, 5.41) is 3.31. The molecule has 1 N–H and O–H groups in total. The van der Waals surface area contributed by atoms with Gasteiger partial charge in [0.25, 0.3) is 0 Å². The lowest BCUT2D eigenvalue weighted by Gasteiger charge is -2.20. The zero-order chi connectivity index (χ0) is 13.4. The van der Waals surface area contributed by atoms with Gasteiger partial charge in [0.2, 0.25) is 0 Å². The van der Waals surface area contributed by atoms with Crippen LogP contribution in [0.4, 0.5) is 0 Å². The van der Waals surface area contributed by atoms with Crippen molar-refractivity contribution in [3.8, 4) is 0 Å². The summed E-state index contributed by atoms with van der Waals surface area (Å²) in [5.74, 6) is 0.740.